The summed E-state index contributed by atoms with van der Waals surface area (Å²) in [4.78, 5) is 25.7. The summed E-state index contributed by atoms with van der Waals surface area (Å²) in [5.41, 5.74) is 0.954. The van der Waals surface area contributed by atoms with E-state index < -0.39 is 11.9 Å². The largest absolute Gasteiger partial charge is 0.497 e. The first-order chi connectivity index (χ1) is 11.0. The third-order valence-electron chi connectivity index (χ3n) is 4.88. The Bertz CT molecular complexity index is 629. The molecule has 2 heterocycles. The van der Waals surface area contributed by atoms with Crippen molar-refractivity contribution in [2.75, 3.05) is 20.3 Å². The predicted molar refractivity (Wildman–Crippen MR) is 82.6 cm³/mol. The predicted octanol–water partition coefficient (Wildman–Crippen LogP) is 1.57. The molecular formula is C17H21NO5. The Hall–Kier alpha value is -2.24. The van der Waals surface area contributed by atoms with E-state index in [1.165, 1.54) is 0 Å². The molecule has 3 rings (SSSR count). The van der Waals surface area contributed by atoms with Gasteiger partial charge < -0.3 is 19.5 Å². The number of carbonyl (C=O) groups is 2. The van der Waals surface area contributed by atoms with Crippen LogP contribution in [-0.2, 0) is 16.0 Å². The van der Waals surface area contributed by atoms with E-state index in [4.69, 9.17) is 9.47 Å². The summed E-state index contributed by atoms with van der Waals surface area (Å²) in [5, 5.41) is 9.20. The molecule has 0 radical (unpaired) electrons. The third-order valence-corrected chi connectivity index (χ3v) is 4.88. The maximum absolute atomic E-state index is 12.8. The highest BCUT2D eigenvalue weighted by molar-refractivity contribution is 5.82. The van der Waals surface area contributed by atoms with Crippen molar-refractivity contribution in [2.45, 2.75) is 25.8 Å². The highest BCUT2D eigenvalue weighted by Gasteiger charge is 2.41. The maximum Gasteiger partial charge on any atom is 0.308 e. The standard InChI is InChI=1S/C17H21NO5/c1-10-14(17(20)21)5-6-18(10)16(19)12-7-11-8-13(22-2)3-4-15(11)23-9-12/h3-4,8,10,12,14H,5-7,9H2,1-2H3,(H,20,21). The van der Waals surface area contributed by atoms with Crippen molar-refractivity contribution >= 4 is 11.9 Å². The van der Waals surface area contributed by atoms with Crippen molar-refractivity contribution < 1.29 is 24.2 Å². The Kier molecular flexibility index (Phi) is 4.15. The van der Waals surface area contributed by atoms with Gasteiger partial charge in [0.2, 0.25) is 5.91 Å². The van der Waals surface area contributed by atoms with Gasteiger partial charge in [-0.2, -0.15) is 0 Å². The number of likely N-dealkylation sites (tertiary alicyclic amines) is 1. The minimum atomic E-state index is -0.831. The molecule has 2 aliphatic rings. The summed E-state index contributed by atoms with van der Waals surface area (Å²) in [6.07, 6.45) is 1.10. The van der Waals surface area contributed by atoms with Crippen LogP contribution in [-0.4, -0.2) is 48.2 Å². The van der Waals surface area contributed by atoms with Crippen molar-refractivity contribution in [1.29, 1.82) is 0 Å². The monoisotopic (exact) mass is 319 g/mol. The van der Waals surface area contributed by atoms with E-state index in [0.29, 0.717) is 26.0 Å². The van der Waals surface area contributed by atoms with E-state index in [1.54, 1.807) is 12.0 Å². The van der Waals surface area contributed by atoms with Gasteiger partial charge in [-0.1, -0.05) is 0 Å². The lowest BCUT2D eigenvalue weighted by atomic mass is 9.94. The summed E-state index contributed by atoms with van der Waals surface area (Å²) in [6, 6.07) is 5.31. The zero-order valence-electron chi connectivity index (χ0n) is 13.3. The van der Waals surface area contributed by atoms with Crippen LogP contribution in [0.5, 0.6) is 11.5 Å². The molecule has 1 aromatic carbocycles. The quantitative estimate of drug-likeness (QED) is 0.915. The van der Waals surface area contributed by atoms with Gasteiger partial charge in [-0.25, -0.2) is 0 Å². The summed E-state index contributed by atoms with van der Waals surface area (Å²) >= 11 is 0. The van der Waals surface area contributed by atoms with Gasteiger partial charge in [-0.05, 0) is 43.5 Å². The average molecular weight is 319 g/mol. The lowest BCUT2D eigenvalue weighted by molar-refractivity contribution is -0.143. The van der Waals surface area contributed by atoms with E-state index in [0.717, 1.165) is 17.1 Å². The van der Waals surface area contributed by atoms with Gasteiger partial charge in [0.05, 0.1) is 18.9 Å². The highest BCUT2D eigenvalue weighted by Crippen LogP contribution is 2.33. The van der Waals surface area contributed by atoms with Gasteiger partial charge in [-0.3, -0.25) is 9.59 Å². The first-order valence-corrected chi connectivity index (χ1v) is 7.84. The molecule has 124 valence electrons. The number of carboxylic acid groups (broad SMARTS) is 1. The van der Waals surface area contributed by atoms with E-state index in [1.807, 2.05) is 25.1 Å². The van der Waals surface area contributed by atoms with Crippen LogP contribution in [0.4, 0.5) is 0 Å². The van der Waals surface area contributed by atoms with Crippen molar-refractivity contribution in [2.24, 2.45) is 11.8 Å². The topological polar surface area (TPSA) is 76.1 Å². The fourth-order valence-corrected chi connectivity index (χ4v) is 3.47. The molecule has 1 aromatic rings. The molecule has 6 heteroatoms. The SMILES string of the molecule is COc1ccc2c(c1)CC(C(=O)N1CCC(C(=O)O)C1C)CO2. The molecule has 23 heavy (non-hydrogen) atoms. The average Bonchev–Trinajstić information content (AvgIpc) is 2.94. The summed E-state index contributed by atoms with van der Waals surface area (Å²) < 4.78 is 10.9. The van der Waals surface area contributed by atoms with Gasteiger partial charge in [0, 0.05) is 12.6 Å². The number of nitrogens with zero attached hydrogens (tertiary/aromatic N) is 1. The van der Waals surface area contributed by atoms with Gasteiger partial charge in [0.15, 0.2) is 0 Å². The Morgan fingerprint density at radius 1 is 1.39 bits per heavy atom. The van der Waals surface area contributed by atoms with Crippen LogP contribution < -0.4 is 9.47 Å². The van der Waals surface area contributed by atoms with Crippen LogP contribution in [0.3, 0.4) is 0 Å². The van der Waals surface area contributed by atoms with Crippen molar-refractivity contribution in [3.8, 4) is 11.5 Å². The molecule has 1 N–H and O–H groups in total. The molecular weight excluding hydrogens is 298 g/mol. The summed E-state index contributed by atoms with van der Waals surface area (Å²) in [7, 11) is 1.60. The van der Waals surface area contributed by atoms with Gasteiger partial charge >= 0.3 is 5.97 Å². The normalized spacial score (nSPS) is 26.3. The van der Waals surface area contributed by atoms with Gasteiger partial charge in [-0.15, -0.1) is 0 Å². The Morgan fingerprint density at radius 3 is 2.83 bits per heavy atom. The minimum absolute atomic E-state index is 0.0188. The number of ether oxygens (including phenoxy) is 2. The second kappa shape index (κ2) is 6.10. The summed E-state index contributed by atoms with van der Waals surface area (Å²) in [6.45, 7) is 2.64. The molecule has 1 saturated heterocycles. The van der Waals surface area contributed by atoms with Crippen LogP contribution >= 0.6 is 0 Å². The molecule has 3 atom stereocenters. The van der Waals surface area contributed by atoms with Crippen molar-refractivity contribution in [3.63, 3.8) is 0 Å². The zero-order valence-corrected chi connectivity index (χ0v) is 13.3. The molecule has 1 fully saturated rings. The van der Waals surface area contributed by atoms with Crippen LogP contribution in [0, 0.1) is 11.8 Å². The molecule has 1 amide bonds. The molecule has 0 spiro atoms. The molecule has 2 aliphatic heterocycles. The van der Waals surface area contributed by atoms with Crippen LogP contribution in [0.2, 0.25) is 0 Å². The fourth-order valence-electron chi connectivity index (χ4n) is 3.47. The third kappa shape index (κ3) is 2.85. The minimum Gasteiger partial charge on any atom is -0.497 e. The number of methoxy groups -OCH3 is 1. The number of hydrogen-bond acceptors (Lipinski definition) is 4. The lowest BCUT2D eigenvalue weighted by Gasteiger charge is -2.31. The van der Waals surface area contributed by atoms with Crippen molar-refractivity contribution in [1.82, 2.24) is 4.90 Å². The number of carbonyl (C=O) groups excluding carboxylic acids is 1. The van der Waals surface area contributed by atoms with Crippen LogP contribution in [0.1, 0.15) is 18.9 Å². The Morgan fingerprint density at radius 2 is 2.17 bits per heavy atom. The number of fused-ring (bicyclic) bond motifs is 1. The maximum atomic E-state index is 12.8. The van der Waals surface area contributed by atoms with Gasteiger partial charge in [0.25, 0.3) is 0 Å². The molecule has 0 aliphatic carbocycles. The van der Waals surface area contributed by atoms with Crippen molar-refractivity contribution in [3.05, 3.63) is 23.8 Å². The fraction of sp³-hybridized carbons (Fsp3) is 0.529. The first kappa shape index (κ1) is 15.6. The van der Waals surface area contributed by atoms with E-state index in [9.17, 15) is 14.7 Å². The number of carboxylic acids is 1. The van der Waals surface area contributed by atoms with E-state index in [-0.39, 0.29) is 17.9 Å². The second-order valence-corrected chi connectivity index (χ2v) is 6.19. The Balaban J connectivity index is 1.73. The van der Waals surface area contributed by atoms with Crippen LogP contribution in [0.25, 0.3) is 0 Å². The number of hydrogen-bond donors (Lipinski definition) is 1. The zero-order chi connectivity index (χ0) is 16.6. The summed E-state index contributed by atoms with van der Waals surface area (Å²) in [5.74, 6) is -0.0772. The lowest BCUT2D eigenvalue weighted by Crippen LogP contribution is -2.44. The number of rotatable bonds is 3. The molecule has 6 nitrogen and oxygen atoms in total. The number of amides is 1. The molecule has 0 saturated carbocycles. The van der Waals surface area contributed by atoms with E-state index >= 15 is 0 Å². The molecule has 0 bridgehead atoms. The van der Waals surface area contributed by atoms with E-state index in [2.05, 4.69) is 0 Å². The Labute approximate surface area is 135 Å². The van der Waals surface area contributed by atoms with Gasteiger partial charge in [0.1, 0.15) is 18.1 Å². The highest BCUT2D eigenvalue weighted by atomic mass is 16.5. The van der Waals surface area contributed by atoms with Crippen LogP contribution in [0.15, 0.2) is 18.2 Å². The number of benzene rings is 1. The number of aliphatic carboxylic acids is 1. The smallest absolute Gasteiger partial charge is 0.308 e. The first-order valence-electron chi connectivity index (χ1n) is 7.84. The molecule has 3 unspecified atom stereocenters. The molecule has 0 aromatic heterocycles. The second-order valence-electron chi connectivity index (χ2n) is 6.19.